The molecule has 1 aromatic carbocycles. The number of phenolic OH excluding ortho intramolecular Hbond substituents is 1. The number of nitrogens with zero attached hydrogens (tertiary/aromatic N) is 1. The lowest BCUT2D eigenvalue weighted by Gasteiger charge is -2.09. The van der Waals surface area contributed by atoms with E-state index in [1.165, 1.54) is 24.4 Å². The van der Waals surface area contributed by atoms with Crippen LogP contribution in [0.4, 0.5) is 5.69 Å². The number of halogens is 1. The Morgan fingerprint density at radius 1 is 0.886 bits per heavy atom. The van der Waals surface area contributed by atoms with Crippen molar-refractivity contribution in [2.45, 2.75) is 70.6 Å². The van der Waals surface area contributed by atoms with Gasteiger partial charge < -0.3 is 20.8 Å². The number of aromatic hydroxyl groups is 1. The molecule has 4 N–H and O–H groups in total. The van der Waals surface area contributed by atoms with E-state index in [0.717, 1.165) is 57.8 Å². The minimum absolute atomic E-state index is 0.00710. The number of anilines is 1. The Balaban J connectivity index is 1.62. The number of unbranched alkanes of at least 4 members (excludes halogenated alkanes) is 8. The lowest BCUT2D eigenvalue weighted by molar-refractivity contribution is -0.137. The van der Waals surface area contributed by atoms with Gasteiger partial charge in [0.05, 0.1) is 6.42 Å². The molecule has 0 saturated heterocycles. The van der Waals surface area contributed by atoms with Gasteiger partial charge in [-0.1, -0.05) is 56.5 Å². The Morgan fingerprint density at radius 3 is 2.23 bits per heavy atom. The van der Waals surface area contributed by atoms with E-state index >= 15 is 0 Å². The first-order chi connectivity index (χ1) is 16.8. The van der Waals surface area contributed by atoms with E-state index in [1.54, 1.807) is 12.1 Å². The maximum atomic E-state index is 12.4. The number of benzene rings is 1. The van der Waals surface area contributed by atoms with E-state index in [9.17, 15) is 19.5 Å². The van der Waals surface area contributed by atoms with Crippen molar-refractivity contribution < 1.29 is 24.6 Å². The molecule has 8 nitrogen and oxygen atoms in total. The van der Waals surface area contributed by atoms with Crippen molar-refractivity contribution in [1.29, 1.82) is 0 Å². The first-order valence-corrected chi connectivity index (χ1v) is 12.5. The van der Waals surface area contributed by atoms with Crippen LogP contribution in [0.1, 0.15) is 80.3 Å². The number of carboxylic acid groups (broad SMARTS) is 1. The number of carboxylic acids is 1. The number of aliphatic carboxylic acids is 1. The number of carbonyl (C=O) groups is 3. The monoisotopic (exact) mass is 503 g/mol. The fourth-order valence-corrected chi connectivity index (χ4v) is 3.83. The molecule has 1 heterocycles. The summed E-state index contributed by atoms with van der Waals surface area (Å²) < 4.78 is 0. The van der Waals surface area contributed by atoms with Gasteiger partial charge in [-0.25, -0.2) is 0 Å². The number of nitrogens with one attached hydrogen (secondary N) is 2. The fourth-order valence-electron chi connectivity index (χ4n) is 3.64. The standard InChI is InChI=1S/C26H34ClN3O5/c27-20-11-12-23(31)19(16-20)17-24(32)30-21-13-15-28-22(18-21)26(35)29-14-9-7-5-3-1-2-4-6-8-10-25(33)34/h11-13,15-16,18,31H,1-10,14,17H2,(H,29,35)(H,33,34)(H,28,30,32). The van der Waals surface area contributed by atoms with Crippen LogP contribution in [0.25, 0.3) is 0 Å². The van der Waals surface area contributed by atoms with E-state index in [1.807, 2.05) is 0 Å². The molecule has 0 aliphatic carbocycles. The molecular weight excluding hydrogens is 470 g/mol. The van der Waals surface area contributed by atoms with Gasteiger partial charge in [0.1, 0.15) is 11.4 Å². The minimum Gasteiger partial charge on any atom is -0.508 e. The summed E-state index contributed by atoms with van der Waals surface area (Å²) >= 11 is 5.92. The Kier molecular flexibility index (Phi) is 12.6. The van der Waals surface area contributed by atoms with Crippen molar-refractivity contribution >= 4 is 35.1 Å². The van der Waals surface area contributed by atoms with Crippen molar-refractivity contribution in [3.8, 4) is 5.75 Å². The van der Waals surface area contributed by atoms with E-state index in [2.05, 4.69) is 15.6 Å². The Hall–Kier alpha value is -3.13. The molecule has 0 fully saturated rings. The third-order valence-corrected chi connectivity index (χ3v) is 5.76. The van der Waals surface area contributed by atoms with Crippen molar-refractivity contribution in [3.05, 3.63) is 52.8 Å². The molecule has 1 aromatic heterocycles. The molecule has 0 atom stereocenters. The van der Waals surface area contributed by atoms with Gasteiger partial charge in [-0.2, -0.15) is 0 Å². The molecular formula is C26H34ClN3O5. The lowest BCUT2D eigenvalue weighted by atomic mass is 10.1. The van der Waals surface area contributed by atoms with Gasteiger partial charge in [0, 0.05) is 35.4 Å². The summed E-state index contributed by atoms with van der Waals surface area (Å²) in [6.45, 7) is 0.556. The number of amides is 2. The Morgan fingerprint density at radius 2 is 1.54 bits per heavy atom. The number of aromatic nitrogens is 1. The SMILES string of the molecule is O=C(O)CCCCCCCCCCCNC(=O)c1cc(NC(=O)Cc2cc(Cl)ccc2O)ccn1. The number of hydrogen-bond acceptors (Lipinski definition) is 5. The smallest absolute Gasteiger partial charge is 0.303 e. The van der Waals surface area contributed by atoms with Gasteiger partial charge >= 0.3 is 5.97 Å². The molecule has 35 heavy (non-hydrogen) atoms. The predicted octanol–water partition coefficient (Wildman–Crippen LogP) is 5.34. The van der Waals surface area contributed by atoms with E-state index in [0.29, 0.717) is 22.8 Å². The molecule has 0 saturated carbocycles. The highest BCUT2D eigenvalue weighted by molar-refractivity contribution is 6.30. The first-order valence-electron chi connectivity index (χ1n) is 12.1. The summed E-state index contributed by atoms with van der Waals surface area (Å²) in [5.41, 5.74) is 1.08. The van der Waals surface area contributed by atoms with Crippen LogP contribution in [0.5, 0.6) is 5.75 Å². The highest BCUT2D eigenvalue weighted by Gasteiger charge is 2.11. The molecule has 2 aromatic rings. The van der Waals surface area contributed by atoms with Gasteiger partial charge in [-0.3, -0.25) is 19.4 Å². The second-order valence-corrected chi connectivity index (χ2v) is 8.95. The van der Waals surface area contributed by atoms with Crippen LogP contribution in [0.15, 0.2) is 36.5 Å². The molecule has 0 aliphatic heterocycles. The highest BCUT2D eigenvalue weighted by atomic mass is 35.5. The fraction of sp³-hybridized carbons (Fsp3) is 0.462. The molecule has 0 bridgehead atoms. The summed E-state index contributed by atoms with van der Waals surface area (Å²) in [6.07, 6.45) is 10.9. The van der Waals surface area contributed by atoms with Crippen LogP contribution < -0.4 is 10.6 Å². The summed E-state index contributed by atoms with van der Waals surface area (Å²) in [7, 11) is 0. The minimum atomic E-state index is -0.723. The van der Waals surface area contributed by atoms with Crippen LogP contribution in [-0.2, 0) is 16.0 Å². The predicted molar refractivity (Wildman–Crippen MR) is 136 cm³/mol. The van der Waals surface area contributed by atoms with Gasteiger partial charge in [-0.15, -0.1) is 0 Å². The molecule has 0 unspecified atom stereocenters. The van der Waals surface area contributed by atoms with Crippen LogP contribution in [0.2, 0.25) is 5.02 Å². The van der Waals surface area contributed by atoms with E-state index < -0.39 is 5.97 Å². The lowest BCUT2D eigenvalue weighted by Crippen LogP contribution is -2.25. The average Bonchev–Trinajstić information content (AvgIpc) is 2.82. The topological polar surface area (TPSA) is 129 Å². The number of carbonyl (C=O) groups excluding carboxylic acids is 2. The molecule has 9 heteroatoms. The van der Waals surface area contributed by atoms with Crippen molar-refractivity contribution in [2.24, 2.45) is 0 Å². The second kappa shape index (κ2) is 15.7. The normalized spacial score (nSPS) is 10.7. The number of rotatable bonds is 16. The zero-order chi connectivity index (χ0) is 25.5. The quantitative estimate of drug-likeness (QED) is 0.229. The molecule has 0 spiro atoms. The largest absolute Gasteiger partial charge is 0.508 e. The second-order valence-electron chi connectivity index (χ2n) is 8.51. The summed E-state index contributed by atoms with van der Waals surface area (Å²) in [5.74, 6) is -1.37. The maximum absolute atomic E-state index is 12.4. The summed E-state index contributed by atoms with van der Waals surface area (Å²) in [5, 5.41) is 24.5. The summed E-state index contributed by atoms with van der Waals surface area (Å²) in [4.78, 5) is 39.3. The molecule has 2 amide bonds. The number of hydrogen-bond donors (Lipinski definition) is 4. The zero-order valence-corrected chi connectivity index (χ0v) is 20.6. The van der Waals surface area contributed by atoms with Gasteiger partial charge in [-0.05, 0) is 43.2 Å². The molecule has 190 valence electrons. The van der Waals surface area contributed by atoms with E-state index in [4.69, 9.17) is 16.7 Å². The molecule has 2 rings (SSSR count). The number of phenols is 1. The Bertz CT molecular complexity index is 983. The van der Waals surface area contributed by atoms with Crippen molar-refractivity contribution in [2.75, 3.05) is 11.9 Å². The first kappa shape index (κ1) is 28.1. The van der Waals surface area contributed by atoms with Gasteiger partial charge in [0.25, 0.3) is 5.91 Å². The van der Waals surface area contributed by atoms with Crippen molar-refractivity contribution in [1.82, 2.24) is 10.3 Å². The van der Waals surface area contributed by atoms with Crippen LogP contribution in [-0.4, -0.2) is 39.5 Å². The van der Waals surface area contributed by atoms with Gasteiger partial charge in [0.2, 0.25) is 5.91 Å². The highest BCUT2D eigenvalue weighted by Crippen LogP contribution is 2.22. The zero-order valence-electron chi connectivity index (χ0n) is 19.9. The maximum Gasteiger partial charge on any atom is 0.303 e. The third-order valence-electron chi connectivity index (χ3n) is 5.52. The van der Waals surface area contributed by atoms with E-state index in [-0.39, 0.29) is 36.1 Å². The molecule has 0 aliphatic rings. The molecule has 0 radical (unpaired) electrons. The Labute approximate surface area is 211 Å². The van der Waals surface area contributed by atoms with Gasteiger partial charge in [0.15, 0.2) is 0 Å². The van der Waals surface area contributed by atoms with Crippen LogP contribution in [0.3, 0.4) is 0 Å². The van der Waals surface area contributed by atoms with Crippen LogP contribution >= 0.6 is 11.6 Å². The van der Waals surface area contributed by atoms with Crippen molar-refractivity contribution in [3.63, 3.8) is 0 Å². The average molecular weight is 504 g/mol. The number of pyridine rings is 1. The summed E-state index contributed by atoms with van der Waals surface area (Å²) in [6, 6.07) is 7.63. The van der Waals surface area contributed by atoms with Crippen LogP contribution in [0, 0.1) is 0 Å². The third kappa shape index (κ3) is 11.7.